The van der Waals surface area contributed by atoms with E-state index in [9.17, 15) is 0 Å². The molecule has 0 radical (unpaired) electrons. The van der Waals surface area contributed by atoms with Gasteiger partial charge in [0.2, 0.25) is 0 Å². The number of benzene rings is 6. The normalized spacial score (nSPS) is 17.7. The van der Waals surface area contributed by atoms with Gasteiger partial charge < -0.3 is 4.57 Å². The molecule has 0 N–H and O–H groups in total. The second-order valence-corrected chi connectivity index (χ2v) is 21.5. The van der Waals surface area contributed by atoms with Crippen LogP contribution in [0.2, 0.25) is 13.1 Å². The van der Waals surface area contributed by atoms with Gasteiger partial charge in [-0.25, -0.2) is 15.0 Å². The van der Waals surface area contributed by atoms with E-state index in [1.807, 2.05) is 97.1 Å². The average molecular weight is 682 g/mol. The first-order valence-corrected chi connectivity index (χ1v) is 21.9. The number of rotatable bonds is 4. The zero-order valence-electron chi connectivity index (χ0n) is 28.6. The van der Waals surface area contributed by atoms with E-state index in [1.54, 1.807) is 0 Å². The Morgan fingerprint density at radius 2 is 1.02 bits per heavy atom. The highest BCUT2D eigenvalue weighted by molar-refractivity contribution is 7.86. The van der Waals surface area contributed by atoms with Crippen molar-refractivity contribution in [3.8, 4) is 45.3 Å². The van der Waals surface area contributed by atoms with Crippen LogP contribution in [0.3, 0.4) is 0 Å². The fourth-order valence-corrected chi connectivity index (χ4v) is 16.3. The van der Waals surface area contributed by atoms with Crippen molar-refractivity contribution in [2.24, 2.45) is 0 Å². The first kappa shape index (κ1) is 30.8. The molecule has 2 aliphatic rings. The van der Waals surface area contributed by atoms with E-state index in [0.717, 1.165) is 32.6 Å². The molecule has 1 atom stereocenters. The SMILES string of the molecule is CC1(C)c2cc(-c3nc(-c4ccccc4)nc(-c4ccccc4)n3)ccc2-c2cc3c(cc21)P(=O)(c1ccccc1)c1ccccc1[Si]3(C)C. The van der Waals surface area contributed by atoms with Crippen LogP contribution in [-0.4, -0.2) is 23.0 Å². The standard InChI is InChI=1S/C44H36N3OPSi/c1-44(2)35-26-31(43-46-41(29-16-8-5-9-17-29)45-42(47-43)30-18-10-6-11-19-30)24-25-33(35)34-27-40-38(28-36(34)44)49(48,32-20-12-7-13-21-32)37-22-14-15-23-39(37)50(40,3)4/h5-28H,1-4H3. The fourth-order valence-electron chi connectivity index (χ4n) is 8.08. The smallest absolute Gasteiger partial charge is 0.170 e. The molecular formula is C44H36N3OPSi. The maximum absolute atomic E-state index is 15.8. The Bertz CT molecular complexity index is 2460. The molecule has 1 unspecified atom stereocenters. The van der Waals surface area contributed by atoms with Crippen LogP contribution in [0.1, 0.15) is 25.0 Å². The summed E-state index contributed by atoms with van der Waals surface area (Å²) in [4.78, 5) is 15.0. The van der Waals surface area contributed by atoms with Gasteiger partial charge in [-0.3, -0.25) is 0 Å². The summed E-state index contributed by atoms with van der Waals surface area (Å²) in [5.74, 6) is 1.94. The van der Waals surface area contributed by atoms with Gasteiger partial charge in [0.25, 0.3) is 0 Å². The molecule has 2 heterocycles. The first-order valence-electron chi connectivity index (χ1n) is 17.1. The molecule has 0 saturated carbocycles. The third-order valence-electron chi connectivity index (χ3n) is 10.8. The molecule has 6 aromatic carbocycles. The van der Waals surface area contributed by atoms with Crippen molar-refractivity contribution in [2.75, 3.05) is 0 Å². The topological polar surface area (TPSA) is 55.7 Å². The van der Waals surface area contributed by atoms with Crippen molar-refractivity contribution < 1.29 is 4.57 Å². The monoisotopic (exact) mass is 681 g/mol. The summed E-state index contributed by atoms with van der Waals surface area (Å²) >= 11 is 0. The molecule has 9 rings (SSSR count). The van der Waals surface area contributed by atoms with Gasteiger partial charge in [-0.15, -0.1) is 0 Å². The fraction of sp³-hybridized carbons (Fsp3) is 0.114. The van der Waals surface area contributed by atoms with Gasteiger partial charge in [0.05, 0.1) is 0 Å². The molecule has 1 aliphatic carbocycles. The first-order chi connectivity index (χ1) is 24.2. The molecule has 242 valence electrons. The molecule has 0 bridgehead atoms. The Hall–Kier alpha value is -5.22. The maximum atomic E-state index is 15.8. The van der Waals surface area contributed by atoms with Crippen LogP contribution in [-0.2, 0) is 9.98 Å². The molecule has 0 fully saturated rings. The summed E-state index contributed by atoms with van der Waals surface area (Å²) in [6.07, 6.45) is 0. The van der Waals surface area contributed by atoms with E-state index >= 15 is 4.57 Å². The Labute approximate surface area is 294 Å². The van der Waals surface area contributed by atoms with Crippen LogP contribution < -0.4 is 26.3 Å². The highest BCUT2D eigenvalue weighted by Crippen LogP contribution is 2.52. The molecule has 0 amide bonds. The third-order valence-corrected chi connectivity index (χ3v) is 17.9. The minimum absolute atomic E-state index is 0.336. The summed E-state index contributed by atoms with van der Waals surface area (Å²) in [5, 5.41) is 5.45. The number of aromatic nitrogens is 3. The van der Waals surface area contributed by atoms with Crippen LogP contribution in [0.25, 0.3) is 45.3 Å². The molecule has 1 aromatic heterocycles. The quantitative estimate of drug-likeness (QED) is 0.140. The van der Waals surface area contributed by atoms with Gasteiger partial charge in [-0.2, -0.15) is 0 Å². The summed E-state index contributed by atoms with van der Waals surface area (Å²) in [7, 11) is -5.33. The van der Waals surface area contributed by atoms with Crippen LogP contribution in [0.15, 0.2) is 146 Å². The van der Waals surface area contributed by atoms with Crippen LogP contribution in [0, 0.1) is 0 Å². The van der Waals surface area contributed by atoms with Crippen LogP contribution in [0.4, 0.5) is 0 Å². The van der Waals surface area contributed by atoms with Gasteiger partial charge in [-0.05, 0) is 44.8 Å². The van der Waals surface area contributed by atoms with Crippen LogP contribution in [0.5, 0.6) is 0 Å². The van der Waals surface area contributed by atoms with Crippen molar-refractivity contribution >= 4 is 41.5 Å². The number of hydrogen-bond donors (Lipinski definition) is 0. The predicted molar refractivity (Wildman–Crippen MR) is 210 cm³/mol. The van der Waals surface area contributed by atoms with E-state index in [-0.39, 0.29) is 5.41 Å². The summed E-state index contributed by atoms with van der Waals surface area (Å²) in [6.45, 7) is 9.40. The van der Waals surface area contributed by atoms with Crippen molar-refractivity contribution in [1.82, 2.24) is 15.0 Å². The number of fused-ring (bicyclic) bond motifs is 5. The van der Waals surface area contributed by atoms with Gasteiger partial charge >= 0.3 is 0 Å². The Morgan fingerprint density at radius 1 is 0.500 bits per heavy atom. The number of nitrogens with zero attached hydrogens (tertiary/aromatic N) is 3. The molecular weight excluding hydrogens is 646 g/mol. The third kappa shape index (κ3) is 4.50. The highest BCUT2D eigenvalue weighted by Gasteiger charge is 2.48. The minimum Gasteiger partial charge on any atom is -0.309 e. The summed E-state index contributed by atoms with van der Waals surface area (Å²) in [6, 6.07) is 50.2. The molecule has 1 aliphatic heterocycles. The van der Waals surface area contributed by atoms with Gasteiger partial charge in [0, 0.05) is 38.0 Å². The van der Waals surface area contributed by atoms with Crippen molar-refractivity contribution in [2.45, 2.75) is 32.4 Å². The Balaban J connectivity index is 1.23. The maximum Gasteiger partial charge on any atom is 0.170 e. The van der Waals surface area contributed by atoms with Gasteiger partial charge in [-0.1, -0.05) is 160 Å². The summed E-state index contributed by atoms with van der Waals surface area (Å²) < 4.78 is 15.8. The lowest BCUT2D eigenvalue weighted by molar-refractivity contribution is 0.592. The second kappa shape index (κ2) is 11.1. The molecule has 7 aromatic rings. The van der Waals surface area contributed by atoms with E-state index in [1.165, 1.54) is 32.6 Å². The van der Waals surface area contributed by atoms with E-state index in [4.69, 9.17) is 15.0 Å². The summed E-state index contributed by atoms with van der Waals surface area (Å²) in [5.41, 5.74) is 7.40. The zero-order chi connectivity index (χ0) is 34.3. The Kier molecular flexibility index (Phi) is 6.87. The lowest BCUT2D eigenvalue weighted by Gasteiger charge is -2.39. The molecule has 0 saturated heterocycles. The van der Waals surface area contributed by atoms with Crippen LogP contribution >= 0.6 is 7.14 Å². The van der Waals surface area contributed by atoms with Crippen molar-refractivity contribution in [3.05, 3.63) is 157 Å². The lowest BCUT2D eigenvalue weighted by atomic mass is 9.82. The Morgan fingerprint density at radius 3 is 1.64 bits per heavy atom. The second-order valence-electron chi connectivity index (χ2n) is 14.4. The van der Waals surface area contributed by atoms with Gasteiger partial charge in [0.1, 0.15) is 8.07 Å². The van der Waals surface area contributed by atoms with Crippen molar-refractivity contribution in [1.29, 1.82) is 0 Å². The zero-order valence-corrected chi connectivity index (χ0v) is 30.4. The van der Waals surface area contributed by atoms with E-state index in [2.05, 4.69) is 75.5 Å². The van der Waals surface area contributed by atoms with Crippen molar-refractivity contribution in [3.63, 3.8) is 0 Å². The lowest BCUT2D eigenvalue weighted by Crippen LogP contribution is -2.67. The van der Waals surface area contributed by atoms with Gasteiger partial charge in [0.15, 0.2) is 24.6 Å². The largest absolute Gasteiger partial charge is 0.309 e. The minimum atomic E-state index is -3.13. The molecule has 4 nitrogen and oxygen atoms in total. The predicted octanol–water partition coefficient (Wildman–Crippen LogP) is 7.95. The van der Waals surface area contributed by atoms with E-state index < -0.39 is 15.2 Å². The average Bonchev–Trinajstić information content (AvgIpc) is 3.39. The van der Waals surface area contributed by atoms with E-state index in [0.29, 0.717) is 17.5 Å². The molecule has 6 heteroatoms. The molecule has 50 heavy (non-hydrogen) atoms. The number of hydrogen-bond acceptors (Lipinski definition) is 4. The highest BCUT2D eigenvalue weighted by atomic mass is 31.2. The molecule has 0 spiro atoms.